The lowest BCUT2D eigenvalue weighted by molar-refractivity contribution is -0.152. The number of hydrogen-bond acceptors (Lipinski definition) is 4. The van der Waals surface area contributed by atoms with E-state index in [9.17, 15) is 9.90 Å². The Morgan fingerprint density at radius 2 is 2.18 bits per heavy atom. The molecule has 0 bridgehead atoms. The molecule has 0 unspecified atom stereocenters. The Labute approximate surface area is 101 Å². The summed E-state index contributed by atoms with van der Waals surface area (Å²) in [6, 6.07) is 5.63. The lowest BCUT2D eigenvalue weighted by Gasteiger charge is -2.13. The molecule has 0 aromatic heterocycles. The molecular formula is C13H18O4. The first-order chi connectivity index (χ1) is 8.08. The van der Waals surface area contributed by atoms with E-state index in [0.29, 0.717) is 5.75 Å². The molecule has 1 aromatic carbocycles. The minimum Gasteiger partial charge on any atom is -0.496 e. The molecule has 0 aliphatic heterocycles. The van der Waals surface area contributed by atoms with Crippen molar-refractivity contribution >= 4 is 5.97 Å². The third-order valence-corrected chi connectivity index (χ3v) is 2.41. The zero-order valence-electron chi connectivity index (χ0n) is 10.4. The van der Waals surface area contributed by atoms with Crippen LogP contribution in [-0.4, -0.2) is 30.9 Å². The summed E-state index contributed by atoms with van der Waals surface area (Å²) in [5, 5.41) is 9.68. The van der Waals surface area contributed by atoms with Gasteiger partial charge in [-0.3, -0.25) is 0 Å². The normalized spacial score (nSPS) is 12.0. The molecule has 0 spiro atoms. The van der Waals surface area contributed by atoms with Crippen LogP contribution in [0.3, 0.4) is 0 Å². The van der Waals surface area contributed by atoms with Crippen molar-refractivity contribution < 1.29 is 19.4 Å². The number of aliphatic hydroxyl groups excluding tert-OH is 1. The number of rotatable bonds is 5. The van der Waals surface area contributed by atoms with Crippen LogP contribution in [0.25, 0.3) is 0 Å². The van der Waals surface area contributed by atoms with Gasteiger partial charge in [0.1, 0.15) is 5.75 Å². The summed E-state index contributed by atoms with van der Waals surface area (Å²) in [6.45, 7) is 3.92. The summed E-state index contributed by atoms with van der Waals surface area (Å²) in [5.74, 6) is 0.0648. The average Bonchev–Trinajstić information content (AvgIpc) is 2.29. The molecule has 0 saturated carbocycles. The highest BCUT2D eigenvalue weighted by atomic mass is 16.5. The van der Waals surface area contributed by atoms with Crippen LogP contribution in [0.4, 0.5) is 0 Å². The molecule has 0 saturated heterocycles. The second-order valence-corrected chi connectivity index (χ2v) is 3.79. The van der Waals surface area contributed by atoms with Crippen molar-refractivity contribution in [3.8, 4) is 5.75 Å². The van der Waals surface area contributed by atoms with Gasteiger partial charge in [0.2, 0.25) is 0 Å². The quantitative estimate of drug-likeness (QED) is 0.789. The molecule has 1 N–H and O–H groups in total. The van der Waals surface area contributed by atoms with Crippen LogP contribution in [0.15, 0.2) is 18.2 Å². The summed E-state index contributed by atoms with van der Waals surface area (Å²) in [5.41, 5.74) is 1.85. The van der Waals surface area contributed by atoms with Crippen LogP contribution >= 0.6 is 0 Å². The topological polar surface area (TPSA) is 55.8 Å². The van der Waals surface area contributed by atoms with Crippen molar-refractivity contribution in [1.29, 1.82) is 0 Å². The van der Waals surface area contributed by atoms with Crippen LogP contribution < -0.4 is 4.74 Å². The number of methoxy groups -OCH3 is 1. The van der Waals surface area contributed by atoms with Crippen LogP contribution in [0.2, 0.25) is 0 Å². The van der Waals surface area contributed by atoms with E-state index in [1.54, 1.807) is 14.0 Å². The van der Waals surface area contributed by atoms with Gasteiger partial charge in [0.25, 0.3) is 0 Å². The molecule has 94 valence electrons. The maximum Gasteiger partial charge on any atom is 0.335 e. The van der Waals surface area contributed by atoms with Gasteiger partial charge in [-0.15, -0.1) is 0 Å². The van der Waals surface area contributed by atoms with E-state index in [0.717, 1.165) is 11.1 Å². The largest absolute Gasteiger partial charge is 0.496 e. The van der Waals surface area contributed by atoms with Gasteiger partial charge in [0.15, 0.2) is 6.10 Å². The van der Waals surface area contributed by atoms with Gasteiger partial charge < -0.3 is 14.6 Å². The third kappa shape index (κ3) is 3.75. The number of benzene rings is 1. The molecule has 0 amide bonds. The summed E-state index contributed by atoms with van der Waals surface area (Å²) in [7, 11) is 1.56. The molecule has 1 atom stereocenters. The predicted molar refractivity (Wildman–Crippen MR) is 64.1 cm³/mol. The molecule has 0 aliphatic carbocycles. The number of ether oxygens (including phenoxy) is 2. The Morgan fingerprint density at radius 1 is 1.47 bits per heavy atom. The number of carbonyl (C=O) groups excluding carboxylic acids is 1. The van der Waals surface area contributed by atoms with Gasteiger partial charge >= 0.3 is 5.97 Å². The fourth-order valence-electron chi connectivity index (χ4n) is 1.60. The second-order valence-electron chi connectivity index (χ2n) is 3.79. The van der Waals surface area contributed by atoms with E-state index in [2.05, 4.69) is 0 Å². The van der Waals surface area contributed by atoms with Crippen LogP contribution in [0.1, 0.15) is 18.1 Å². The van der Waals surface area contributed by atoms with E-state index in [-0.39, 0.29) is 13.0 Å². The molecule has 0 radical (unpaired) electrons. The highest BCUT2D eigenvalue weighted by Gasteiger charge is 2.18. The van der Waals surface area contributed by atoms with Crippen molar-refractivity contribution in [2.75, 3.05) is 13.7 Å². The summed E-state index contributed by atoms with van der Waals surface area (Å²) < 4.78 is 9.93. The second kappa shape index (κ2) is 6.25. The zero-order chi connectivity index (χ0) is 12.8. The summed E-state index contributed by atoms with van der Waals surface area (Å²) >= 11 is 0. The van der Waals surface area contributed by atoms with E-state index in [4.69, 9.17) is 9.47 Å². The number of aryl methyl sites for hydroxylation is 1. The fourth-order valence-corrected chi connectivity index (χ4v) is 1.60. The molecule has 4 nitrogen and oxygen atoms in total. The Morgan fingerprint density at radius 3 is 2.76 bits per heavy atom. The first-order valence-corrected chi connectivity index (χ1v) is 5.56. The molecule has 4 heteroatoms. The zero-order valence-corrected chi connectivity index (χ0v) is 10.4. The first-order valence-electron chi connectivity index (χ1n) is 5.56. The molecular weight excluding hydrogens is 220 g/mol. The maximum atomic E-state index is 11.3. The molecule has 0 heterocycles. The first kappa shape index (κ1) is 13.5. The van der Waals surface area contributed by atoms with Crippen molar-refractivity contribution in [3.63, 3.8) is 0 Å². The van der Waals surface area contributed by atoms with Crippen molar-refractivity contribution in [1.82, 2.24) is 0 Å². The van der Waals surface area contributed by atoms with E-state index in [1.807, 2.05) is 25.1 Å². The summed E-state index contributed by atoms with van der Waals surface area (Å²) in [6.07, 6.45) is -0.949. The number of carbonyl (C=O) groups is 1. The van der Waals surface area contributed by atoms with Crippen molar-refractivity contribution in [2.24, 2.45) is 0 Å². The summed E-state index contributed by atoms with van der Waals surface area (Å²) in [4.78, 5) is 11.3. The average molecular weight is 238 g/mol. The SMILES string of the molecule is CCOC(=O)[C@H](O)Cc1cc(C)ccc1OC. The predicted octanol–water partition coefficient (Wildman–Crippen LogP) is 1.47. The molecule has 1 rings (SSSR count). The smallest absolute Gasteiger partial charge is 0.335 e. The van der Waals surface area contributed by atoms with Gasteiger partial charge in [-0.05, 0) is 25.5 Å². The number of esters is 1. The van der Waals surface area contributed by atoms with Gasteiger partial charge in [-0.1, -0.05) is 17.7 Å². The third-order valence-electron chi connectivity index (χ3n) is 2.41. The van der Waals surface area contributed by atoms with E-state index < -0.39 is 12.1 Å². The number of hydrogen-bond donors (Lipinski definition) is 1. The van der Waals surface area contributed by atoms with Gasteiger partial charge in [0.05, 0.1) is 13.7 Å². The lowest BCUT2D eigenvalue weighted by atomic mass is 10.0. The number of aliphatic hydroxyl groups is 1. The van der Waals surface area contributed by atoms with Crippen LogP contribution in [0, 0.1) is 6.92 Å². The minimum absolute atomic E-state index is 0.198. The molecule has 1 aromatic rings. The Bertz CT molecular complexity index is 387. The minimum atomic E-state index is -1.15. The molecule has 17 heavy (non-hydrogen) atoms. The Hall–Kier alpha value is -1.55. The van der Waals surface area contributed by atoms with E-state index in [1.165, 1.54) is 0 Å². The Balaban J connectivity index is 2.79. The van der Waals surface area contributed by atoms with Crippen LogP contribution in [0.5, 0.6) is 5.75 Å². The monoisotopic (exact) mass is 238 g/mol. The van der Waals surface area contributed by atoms with Gasteiger partial charge in [-0.25, -0.2) is 4.79 Å². The lowest BCUT2D eigenvalue weighted by Crippen LogP contribution is -2.25. The van der Waals surface area contributed by atoms with Crippen LogP contribution in [-0.2, 0) is 16.0 Å². The van der Waals surface area contributed by atoms with Crippen molar-refractivity contribution in [3.05, 3.63) is 29.3 Å². The Kier molecular flexibility index (Phi) is 4.97. The van der Waals surface area contributed by atoms with Gasteiger partial charge in [-0.2, -0.15) is 0 Å². The van der Waals surface area contributed by atoms with Crippen molar-refractivity contribution in [2.45, 2.75) is 26.4 Å². The fraction of sp³-hybridized carbons (Fsp3) is 0.462. The highest BCUT2D eigenvalue weighted by Crippen LogP contribution is 2.21. The van der Waals surface area contributed by atoms with Gasteiger partial charge in [0, 0.05) is 6.42 Å². The standard InChI is InChI=1S/C13H18O4/c1-4-17-13(15)11(14)8-10-7-9(2)5-6-12(10)16-3/h5-7,11,14H,4,8H2,1-3H3/t11-/m1/s1. The highest BCUT2D eigenvalue weighted by molar-refractivity contribution is 5.74. The molecule has 0 fully saturated rings. The van der Waals surface area contributed by atoms with E-state index >= 15 is 0 Å². The molecule has 0 aliphatic rings. The maximum absolute atomic E-state index is 11.3.